The molecule has 6 nitrogen and oxygen atoms in total. The third-order valence-electron chi connectivity index (χ3n) is 3.15. The van der Waals surface area contributed by atoms with Crippen LogP contribution < -0.4 is 5.32 Å². The van der Waals surface area contributed by atoms with Crippen LogP contribution in [0.1, 0.15) is 26.0 Å². The SMILES string of the molecule is CC[C@H](C)NC(=O)COC(=O)Cc1noc2ccccc12. The smallest absolute Gasteiger partial charge is 0.312 e. The fourth-order valence-electron chi connectivity index (χ4n) is 1.82. The van der Waals surface area contributed by atoms with E-state index in [1.807, 2.05) is 32.0 Å². The van der Waals surface area contributed by atoms with Crippen molar-refractivity contribution in [1.29, 1.82) is 0 Å². The Bertz CT molecular complexity index is 635. The Kier molecular flexibility index (Phi) is 4.92. The molecule has 112 valence electrons. The van der Waals surface area contributed by atoms with Crippen LogP contribution in [0.25, 0.3) is 11.0 Å². The number of amides is 1. The van der Waals surface area contributed by atoms with E-state index in [2.05, 4.69) is 10.5 Å². The molecule has 6 heteroatoms. The first-order valence-corrected chi connectivity index (χ1v) is 6.88. The lowest BCUT2D eigenvalue weighted by molar-refractivity contribution is -0.148. The second kappa shape index (κ2) is 6.88. The van der Waals surface area contributed by atoms with Gasteiger partial charge in [-0.05, 0) is 25.5 Å². The summed E-state index contributed by atoms with van der Waals surface area (Å²) in [6.07, 6.45) is 0.804. The van der Waals surface area contributed by atoms with E-state index in [4.69, 9.17) is 9.26 Å². The number of ether oxygens (including phenoxy) is 1. The fraction of sp³-hybridized carbons (Fsp3) is 0.400. The minimum Gasteiger partial charge on any atom is -0.455 e. The number of carbonyl (C=O) groups is 2. The van der Waals surface area contributed by atoms with Crippen LogP contribution in [0.5, 0.6) is 0 Å². The van der Waals surface area contributed by atoms with Gasteiger partial charge in [0, 0.05) is 11.4 Å². The molecule has 0 saturated heterocycles. The second-order valence-corrected chi connectivity index (χ2v) is 4.84. The van der Waals surface area contributed by atoms with Crippen molar-refractivity contribution < 1.29 is 18.8 Å². The lowest BCUT2D eigenvalue weighted by Gasteiger charge is -2.11. The largest absolute Gasteiger partial charge is 0.455 e. The Balaban J connectivity index is 1.86. The maximum Gasteiger partial charge on any atom is 0.312 e. The number of esters is 1. The summed E-state index contributed by atoms with van der Waals surface area (Å²) in [5.74, 6) is -0.809. The van der Waals surface area contributed by atoms with Crippen LogP contribution in [-0.4, -0.2) is 29.7 Å². The van der Waals surface area contributed by atoms with Crippen molar-refractivity contribution in [2.24, 2.45) is 0 Å². The molecule has 1 atom stereocenters. The molecule has 1 heterocycles. The van der Waals surface area contributed by atoms with Crippen LogP contribution >= 0.6 is 0 Å². The minimum atomic E-state index is -0.506. The quantitative estimate of drug-likeness (QED) is 0.821. The van der Waals surface area contributed by atoms with Gasteiger partial charge in [-0.25, -0.2) is 0 Å². The minimum absolute atomic E-state index is 0.0202. The molecule has 1 amide bonds. The van der Waals surface area contributed by atoms with E-state index >= 15 is 0 Å². The molecule has 0 aliphatic rings. The first-order valence-electron chi connectivity index (χ1n) is 6.88. The molecule has 0 unspecified atom stereocenters. The topological polar surface area (TPSA) is 81.4 Å². The zero-order chi connectivity index (χ0) is 15.2. The third-order valence-corrected chi connectivity index (χ3v) is 3.15. The van der Waals surface area contributed by atoms with Crippen LogP contribution in [0.4, 0.5) is 0 Å². The predicted molar refractivity (Wildman–Crippen MR) is 76.6 cm³/mol. The highest BCUT2D eigenvalue weighted by atomic mass is 16.5. The Morgan fingerprint density at radius 1 is 1.38 bits per heavy atom. The van der Waals surface area contributed by atoms with Crippen LogP contribution in [0, 0.1) is 0 Å². The number of hydrogen-bond acceptors (Lipinski definition) is 5. The van der Waals surface area contributed by atoms with E-state index in [0.29, 0.717) is 11.3 Å². The van der Waals surface area contributed by atoms with Crippen LogP contribution in [0.2, 0.25) is 0 Å². The molecular formula is C15H18N2O4. The van der Waals surface area contributed by atoms with Gasteiger partial charge in [-0.15, -0.1) is 0 Å². The zero-order valence-electron chi connectivity index (χ0n) is 12.1. The monoisotopic (exact) mass is 290 g/mol. The standard InChI is InChI=1S/C15H18N2O4/c1-3-10(2)16-14(18)9-20-15(19)8-12-11-6-4-5-7-13(11)21-17-12/h4-7,10H,3,8-9H2,1-2H3,(H,16,18)/t10-/m0/s1. The Morgan fingerprint density at radius 3 is 2.90 bits per heavy atom. The molecule has 1 aromatic heterocycles. The van der Waals surface area contributed by atoms with Crippen molar-refractivity contribution in [2.75, 3.05) is 6.61 Å². The molecule has 0 aliphatic carbocycles. The van der Waals surface area contributed by atoms with E-state index in [1.165, 1.54) is 0 Å². The van der Waals surface area contributed by atoms with Crippen LogP contribution in [0.3, 0.4) is 0 Å². The summed E-state index contributed by atoms with van der Waals surface area (Å²) in [7, 11) is 0. The molecular weight excluding hydrogens is 272 g/mol. The molecule has 21 heavy (non-hydrogen) atoms. The number of nitrogens with zero attached hydrogens (tertiary/aromatic N) is 1. The highest BCUT2D eigenvalue weighted by Gasteiger charge is 2.14. The number of benzene rings is 1. The van der Waals surface area contributed by atoms with Gasteiger partial charge in [-0.1, -0.05) is 24.2 Å². The van der Waals surface area contributed by atoms with Gasteiger partial charge in [-0.3, -0.25) is 9.59 Å². The van der Waals surface area contributed by atoms with E-state index in [9.17, 15) is 9.59 Å². The van der Waals surface area contributed by atoms with Gasteiger partial charge in [0.1, 0.15) is 5.69 Å². The van der Waals surface area contributed by atoms with E-state index < -0.39 is 5.97 Å². The summed E-state index contributed by atoms with van der Waals surface area (Å²) in [5, 5.41) is 7.35. The maximum atomic E-state index is 11.7. The summed E-state index contributed by atoms with van der Waals surface area (Å²) in [4.78, 5) is 23.2. The van der Waals surface area contributed by atoms with Crippen molar-refractivity contribution in [3.63, 3.8) is 0 Å². The second-order valence-electron chi connectivity index (χ2n) is 4.84. The normalized spacial score (nSPS) is 12.1. The van der Waals surface area contributed by atoms with Gasteiger partial charge >= 0.3 is 5.97 Å². The van der Waals surface area contributed by atoms with Gasteiger partial charge in [0.05, 0.1) is 6.42 Å². The van der Waals surface area contributed by atoms with E-state index in [-0.39, 0.29) is 25.0 Å². The molecule has 0 saturated carbocycles. The van der Waals surface area contributed by atoms with Gasteiger partial charge < -0.3 is 14.6 Å². The van der Waals surface area contributed by atoms with Gasteiger partial charge in [0.2, 0.25) is 0 Å². The lowest BCUT2D eigenvalue weighted by Crippen LogP contribution is -2.35. The summed E-state index contributed by atoms with van der Waals surface area (Å²) in [5.41, 5.74) is 1.13. The highest BCUT2D eigenvalue weighted by molar-refractivity contribution is 5.85. The highest BCUT2D eigenvalue weighted by Crippen LogP contribution is 2.18. The van der Waals surface area contributed by atoms with Gasteiger partial charge in [-0.2, -0.15) is 0 Å². The number of hydrogen-bond donors (Lipinski definition) is 1. The fourth-order valence-corrected chi connectivity index (χ4v) is 1.82. The van der Waals surface area contributed by atoms with Crippen molar-refractivity contribution in [3.8, 4) is 0 Å². The molecule has 2 aromatic rings. The van der Waals surface area contributed by atoms with Crippen molar-refractivity contribution >= 4 is 22.8 Å². The molecule has 0 bridgehead atoms. The summed E-state index contributed by atoms with van der Waals surface area (Å²) in [6.45, 7) is 3.58. The lowest BCUT2D eigenvalue weighted by atomic mass is 10.2. The average molecular weight is 290 g/mol. The molecule has 1 N–H and O–H groups in total. The number of fused-ring (bicyclic) bond motifs is 1. The predicted octanol–water partition coefficient (Wildman–Crippen LogP) is 1.83. The van der Waals surface area contributed by atoms with E-state index in [0.717, 1.165) is 11.8 Å². The molecule has 0 spiro atoms. The summed E-state index contributed by atoms with van der Waals surface area (Å²) >= 11 is 0. The average Bonchev–Trinajstić information content (AvgIpc) is 2.88. The van der Waals surface area contributed by atoms with Crippen molar-refractivity contribution in [1.82, 2.24) is 10.5 Å². The number of nitrogens with one attached hydrogen (secondary N) is 1. The number of rotatable bonds is 6. The number of para-hydroxylation sites is 1. The Labute approximate surface area is 122 Å². The van der Waals surface area contributed by atoms with E-state index in [1.54, 1.807) is 6.07 Å². The molecule has 0 radical (unpaired) electrons. The number of aromatic nitrogens is 1. The molecule has 1 aromatic carbocycles. The first kappa shape index (κ1) is 15.0. The third kappa shape index (κ3) is 4.05. The molecule has 0 aliphatic heterocycles. The Morgan fingerprint density at radius 2 is 2.14 bits per heavy atom. The Hall–Kier alpha value is -2.37. The zero-order valence-corrected chi connectivity index (χ0v) is 12.1. The summed E-state index contributed by atoms with van der Waals surface area (Å²) in [6, 6.07) is 7.33. The van der Waals surface area contributed by atoms with Crippen LogP contribution in [-0.2, 0) is 20.7 Å². The van der Waals surface area contributed by atoms with Crippen molar-refractivity contribution in [3.05, 3.63) is 30.0 Å². The number of carbonyl (C=O) groups excluding carboxylic acids is 2. The van der Waals surface area contributed by atoms with Gasteiger partial charge in [0.25, 0.3) is 5.91 Å². The molecule has 0 fully saturated rings. The van der Waals surface area contributed by atoms with Crippen LogP contribution in [0.15, 0.2) is 28.8 Å². The maximum absolute atomic E-state index is 11.7. The summed E-state index contributed by atoms with van der Waals surface area (Å²) < 4.78 is 10.0. The molecule has 2 rings (SSSR count). The van der Waals surface area contributed by atoms with Gasteiger partial charge in [0.15, 0.2) is 12.2 Å². The first-order chi connectivity index (χ1) is 10.1. The van der Waals surface area contributed by atoms with Crippen molar-refractivity contribution in [2.45, 2.75) is 32.7 Å².